The molecule has 1 aromatic rings. The number of alkyl halides is 3. The van der Waals surface area contributed by atoms with Gasteiger partial charge in [-0.2, -0.15) is 13.2 Å². The summed E-state index contributed by atoms with van der Waals surface area (Å²) in [5.41, 5.74) is 4.51. The Bertz CT molecular complexity index is 354. The van der Waals surface area contributed by atoms with Crippen molar-refractivity contribution in [2.75, 3.05) is 6.54 Å². The fourth-order valence-electron chi connectivity index (χ4n) is 1.10. The molecule has 0 saturated heterocycles. The minimum absolute atomic E-state index is 0.0528. The van der Waals surface area contributed by atoms with Crippen molar-refractivity contribution in [2.45, 2.75) is 12.3 Å². The van der Waals surface area contributed by atoms with Crippen LogP contribution in [0.1, 0.15) is 17.2 Å². The summed E-state index contributed by atoms with van der Waals surface area (Å²) in [7, 11) is 0. The zero-order valence-corrected chi connectivity index (χ0v) is 9.14. The second-order valence-electron chi connectivity index (χ2n) is 2.99. The van der Waals surface area contributed by atoms with Crippen molar-refractivity contribution in [1.82, 2.24) is 0 Å². The van der Waals surface area contributed by atoms with Crippen LogP contribution in [0.5, 0.6) is 0 Å². The van der Waals surface area contributed by atoms with Crippen LogP contribution in [0.15, 0.2) is 22.7 Å². The van der Waals surface area contributed by atoms with Crippen molar-refractivity contribution in [3.63, 3.8) is 0 Å². The van der Waals surface area contributed by atoms with E-state index in [1.807, 2.05) is 0 Å². The zero-order valence-electron chi connectivity index (χ0n) is 7.55. The number of nitrogens with two attached hydrogens (primary N) is 1. The largest absolute Gasteiger partial charge is 0.417 e. The Balaban J connectivity index is 3.17. The molecule has 0 unspecified atom stereocenters. The second-order valence-corrected chi connectivity index (χ2v) is 3.84. The SMILES string of the molecule is NC[C@H](O)c1ccc(Br)c(C(F)(F)F)c1. The van der Waals surface area contributed by atoms with Gasteiger partial charge in [-0.1, -0.05) is 22.0 Å². The lowest BCUT2D eigenvalue weighted by molar-refractivity contribution is -0.138. The summed E-state index contributed by atoms with van der Waals surface area (Å²) in [6.07, 6.45) is -5.51. The van der Waals surface area contributed by atoms with E-state index in [1.54, 1.807) is 0 Å². The summed E-state index contributed by atoms with van der Waals surface area (Å²) in [5, 5.41) is 9.30. The molecule has 0 fully saturated rings. The third-order valence-electron chi connectivity index (χ3n) is 1.90. The van der Waals surface area contributed by atoms with Gasteiger partial charge in [-0.15, -0.1) is 0 Å². The van der Waals surface area contributed by atoms with Gasteiger partial charge in [0.15, 0.2) is 0 Å². The lowest BCUT2D eigenvalue weighted by atomic mass is 10.1. The minimum Gasteiger partial charge on any atom is -0.387 e. The van der Waals surface area contributed by atoms with Crippen LogP contribution < -0.4 is 5.73 Å². The Hall–Kier alpha value is -0.590. The fourth-order valence-corrected chi connectivity index (χ4v) is 1.57. The Morgan fingerprint density at radius 2 is 2.00 bits per heavy atom. The van der Waals surface area contributed by atoms with Gasteiger partial charge in [0, 0.05) is 11.0 Å². The van der Waals surface area contributed by atoms with Crippen molar-refractivity contribution in [3.05, 3.63) is 33.8 Å². The zero-order chi connectivity index (χ0) is 11.6. The van der Waals surface area contributed by atoms with Crippen LogP contribution in [-0.2, 0) is 6.18 Å². The summed E-state index contributed by atoms with van der Waals surface area (Å²) in [6.45, 7) is -0.112. The standard InChI is InChI=1S/C9H9BrF3NO/c10-7-2-1-5(8(15)4-14)3-6(7)9(11,12)13/h1-3,8,15H,4,14H2/t8-/m0/s1. The predicted molar refractivity (Wildman–Crippen MR) is 53.2 cm³/mol. The maximum Gasteiger partial charge on any atom is 0.417 e. The maximum atomic E-state index is 12.5. The Labute approximate surface area is 93.0 Å². The molecule has 1 atom stereocenters. The first-order chi connectivity index (χ1) is 6.86. The summed E-state index contributed by atoms with van der Waals surface area (Å²) >= 11 is 2.80. The van der Waals surface area contributed by atoms with Crippen LogP contribution in [-0.4, -0.2) is 11.7 Å². The number of hydrogen-bond acceptors (Lipinski definition) is 2. The first kappa shape index (κ1) is 12.5. The molecule has 0 radical (unpaired) electrons. The quantitative estimate of drug-likeness (QED) is 0.876. The Morgan fingerprint density at radius 3 is 2.47 bits per heavy atom. The number of benzene rings is 1. The van der Waals surface area contributed by atoms with Crippen molar-refractivity contribution in [3.8, 4) is 0 Å². The molecule has 2 nitrogen and oxygen atoms in total. The number of halogens is 4. The normalized spacial score (nSPS) is 14.0. The maximum absolute atomic E-state index is 12.5. The van der Waals surface area contributed by atoms with Gasteiger partial charge >= 0.3 is 6.18 Å². The predicted octanol–water partition coefficient (Wildman–Crippen LogP) is 2.46. The van der Waals surface area contributed by atoms with E-state index in [1.165, 1.54) is 12.1 Å². The summed E-state index contributed by atoms with van der Waals surface area (Å²) < 4.78 is 37.3. The molecule has 0 saturated carbocycles. The molecule has 1 aromatic carbocycles. The Morgan fingerprint density at radius 1 is 1.40 bits per heavy atom. The molecule has 0 aliphatic carbocycles. The Kier molecular flexibility index (Phi) is 3.75. The second kappa shape index (κ2) is 4.51. The van der Waals surface area contributed by atoms with Gasteiger partial charge in [-0.3, -0.25) is 0 Å². The molecule has 6 heteroatoms. The van der Waals surface area contributed by atoms with Crippen LogP contribution in [0.2, 0.25) is 0 Å². The molecule has 1 rings (SSSR count). The van der Waals surface area contributed by atoms with Crippen molar-refractivity contribution in [2.24, 2.45) is 5.73 Å². The fraction of sp³-hybridized carbons (Fsp3) is 0.333. The molecule has 0 aromatic heterocycles. The van der Waals surface area contributed by atoms with Crippen LogP contribution in [0, 0.1) is 0 Å². The molecule has 0 amide bonds. The lowest BCUT2D eigenvalue weighted by Crippen LogP contribution is -2.13. The van der Waals surface area contributed by atoms with Gasteiger partial charge in [0.25, 0.3) is 0 Å². The van der Waals surface area contributed by atoms with E-state index in [9.17, 15) is 18.3 Å². The monoisotopic (exact) mass is 283 g/mol. The van der Waals surface area contributed by atoms with E-state index in [0.29, 0.717) is 0 Å². The molecule has 0 heterocycles. The first-order valence-electron chi connectivity index (χ1n) is 4.11. The summed E-state index contributed by atoms with van der Waals surface area (Å²) in [6, 6.07) is 3.54. The van der Waals surface area contributed by atoms with Crippen molar-refractivity contribution in [1.29, 1.82) is 0 Å². The highest BCUT2D eigenvalue weighted by Crippen LogP contribution is 2.36. The van der Waals surface area contributed by atoms with E-state index in [2.05, 4.69) is 15.9 Å². The van der Waals surface area contributed by atoms with Gasteiger partial charge in [-0.25, -0.2) is 0 Å². The average Bonchev–Trinajstić information content (AvgIpc) is 2.15. The highest BCUT2D eigenvalue weighted by molar-refractivity contribution is 9.10. The molecular formula is C9H9BrF3NO. The van der Waals surface area contributed by atoms with E-state index < -0.39 is 17.8 Å². The van der Waals surface area contributed by atoms with E-state index in [-0.39, 0.29) is 16.6 Å². The average molecular weight is 284 g/mol. The minimum atomic E-state index is -4.44. The topological polar surface area (TPSA) is 46.2 Å². The van der Waals surface area contributed by atoms with Crippen molar-refractivity contribution < 1.29 is 18.3 Å². The number of aliphatic hydroxyl groups is 1. The smallest absolute Gasteiger partial charge is 0.387 e. The highest BCUT2D eigenvalue weighted by Gasteiger charge is 2.33. The number of rotatable bonds is 2. The van der Waals surface area contributed by atoms with Gasteiger partial charge in [0.2, 0.25) is 0 Å². The molecule has 0 aliphatic rings. The summed E-state index contributed by atoms with van der Waals surface area (Å²) in [5.74, 6) is 0. The van der Waals surface area contributed by atoms with Crippen molar-refractivity contribution >= 4 is 15.9 Å². The third kappa shape index (κ3) is 2.93. The third-order valence-corrected chi connectivity index (χ3v) is 2.60. The van der Waals surface area contributed by atoms with Crippen LogP contribution in [0.25, 0.3) is 0 Å². The molecule has 15 heavy (non-hydrogen) atoms. The van der Waals surface area contributed by atoms with Crippen LogP contribution in [0.3, 0.4) is 0 Å². The number of aliphatic hydroxyl groups excluding tert-OH is 1. The van der Waals surface area contributed by atoms with E-state index in [0.717, 1.165) is 6.07 Å². The van der Waals surface area contributed by atoms with Crippen LogP contribution in [0.4, 0.5) is 13.2 Å². The molecule has 3 N–H and O–H groups in total. The summed E-state index contributed by atoms with van der Waals surface area (Å²) in [4.78, 5) is 0. The van der Waals surface area contributed by atoms with Gasteiger partial charge in [0.05, 0.1) is 11.7 Å². The first-order valence-corrected chi connectivity index (χ1v) is 4.90. The molecule has 0 bridgehead atoms. The van der Waals surface area contributed by atoms with Gasteiger partial charge in [0.1, 0.15) is 0 Å². The van der Waals surface area contributed by atoms with Gasteiger partial charge < -0.3 is 10.8 Å². The van der Waals surface area contributed by atoms with E-state index in [4.69, 9.17) is 5.73 Å². The molecule has 0 aliphatic heterocycles. The highest BCUT2D eigenvalue weighted by atomic mass is 79.9. The van der Waals surface area contributed by atoms with E-state index >= 15 is 0 Å². The van der Waals surface area contributed by atoms with Crippen LogP contribution >= 0.6 is 15.9 Å². The molecule has 84 valence electrons. The number of hydrogen-bond donors (Lipinski definition) is 2. The molecular weight excluding hydrogens is 275 g/mol. The lowest BCUT2D eigenvalue weighted by Gasteiger charge is -2.13. The molecule has 0 spiro atoms. The van der Waals surface area contributed by atoms with Gasteiger partial charge in [-0.05, 0) is 17.7 Å².